The van der Waals surface area contributed by atoms with Gasteiger partial charge in [0.2, 0.25) is 5.91 Å². The Morgan fingerprint density at radius 2 is 1.97 bits per heavy atom. The van der Waals surface area contributed by atoms with E-state index in [1.54, 1.807) is 29.9 Å². The van der Waals surface area contributed by atoms with Gasteiger partial charge in [0.05, 0.1) is 0 Å². The normalized spacial score (nSPS) is 14.9. The molecule has 0 bridgehead atoms. The van der Waals surface area contributed by atoms with Gasteiger partial charge in [-0.3, -0.25) is 19.5 Å². The van der Waals surface area contributed by atoms with Crippen LogP contribution >= 0.6 is 11.5 Å². The Bertz CT molecular complexity index is 1020. The molecule has 31 heavy (non-hydrogen) atoms. The third-order valence-electron chi connectivity index (χ3n) is 5.62. The summed E-state index contributed by atoms with van der Waals surface area (Å²) in [6, 6.07) is 10.6. The number of rotatable bonds is 7. The van der Waals surface area contributed by atoms with Crippen LogP contribution in [0.5, 0.6) is 0 Å². The highest BCUT2D eigenvalue weighted by atomic mass is 32.1. The molecule has 1 aliphatic rings. The van der Waals surface area contributed by atoms with E-state index in [0.29, 0.717) is 11.3 Å². The lowest BCUT2D eigenvalue weighted by molar-refractivity contribution is -0.123. The molecule has 1 aromatic carbocycles. The number of hydrogen-bond acceptors (Lipinski definition) is 6. The number of benzene rings is 1. The average Bonchev–Trinajstić information content (AvgIpc) is 3.52. The van der Waals surface area contributed by atoms with Crippen molar-refractivity contribution in [1.82, 2.24) is 19.9 Å². The first-order chi connectivity index (χ1) is 15.2. The van der Waals surface area contributed by atoms with E-state index >= 15 is 0 Å². The Labute approximate surface area is 185 Å². The summed E-state index contributed by atoms with van der Waals surface area (Å²) in [5.41, 5.74) is 2.65. The Hall–Kier alpha value is -3.13. The van der Waals surface area contributed by atoms with Crippen LogP contribution in [0.15, 0.2) is 54.2 Å². The van der Waals surface area contributed by atoms with Gasteiger partial charge < -0.3 is 5.32 Å². The number of aromatic nitrogens is 3. The van der Waals surface area contributed by atoms with Gasteiger partial charge in [-0.25, -0.2) is 0 Å². The maximum atomic E-state index is 13.6. The van der Waals surface area contributed by atoms with E-state index in [0.717, 1.165) is 49.2 Å². The van der Waals surface area contributed by atoms with Crippen molar-refractivity contribution in [2.24, 2.45) is 0 Å². The lowest BCUT2D eigenvalue weighted by Gasteiger charge is -2.32. The minimum Gasteiger partial charge on any atom is -0.351 e. The summed E-state index contributed by atoms with van der Waals surface area (Å²) in [6.45, 7) is 2.06. The lowest BCUT2D eigenvalue weighted by Crippen LogP contribution is -2.46. The zero-order valence-corrected chi connectivity index (χ0v) is 18.2. The fourth-order valence-electron chi connectivity index (χ4n) is 4.00. The highest BCUT2D eigenvalue weighted by Gasteiger charge is 2.35. The van der Waals surface area contributed by atoms with Crippen molar-refractivity contribution < 1.29 is 9.59 Å². The molecule has 7 nitrogen and oxygen atoms in total. The van der Waals surface area contributed by atoms with Gasteiger partial charge in [-0.2, -0.15) is 0 Å². The molecule has 8 heteroatoms. The average molecular weight is 436 g/mol. The fourth-order valence-corrected chi connectivity index (χ4v) is 4.43. The molecule has 1 saturated carbocycles. The van der Waals surface area contributed by atoms with Gasteiger partial charge in [-0.1, -0.05) is 36.4 Å². The van der Waals surface area contributed by atoms with Gasteiger partial charge in [0, 0.05) is 29.5 Å². The highest BCUT2D eigenvalue weighted by Crippen LogP contribution is 2.31. The molecule has 0 aliphatic heterocycles. The van der Waals surface area contributed by atoms with Crippen molar-refractivity contribution in [3.8, 4) is 0 Å². The second-order valence-electron chi connectivity index (χ2n) is 7.66. The molecule has 0 radical (unpaired) electrons. The third-order valence-corrected chi connectivity index (χ3v) is 6.13. The SMILES string of the molecule is CCc1cccc(N(C(=O)c2csnn2)C(C(=O)NC2CCCC2)c2ccncc2)c1. The minimum absolute atomic E-state index is 0.136. The number of nitrogens with zero attached hydrogens (tertiary/aromatic N) is 4. The number of hydrogen-bond donors (Lipinski definition) is 1. The molecule has 2 heterocycles. The first kappa shape index (κ1) is 21.1. The van der Waals surface area contributed by atoms with Gasteiger partial charge in [-0.15, -0.1) is 5.10 Å². The minimum atomic E-state index is -0.843. The van der Waals surface area contributed by atoms with Gasteiger partial charge in [0.1, 0.15) is 6.04 Å². The van der Waals surface area contributed by atoms with Crippen LogP contribution < -0.4 is 10.2 Å². The van der Waals surface area contributed by atoms with Crippen LogP contribution in [0.3, 0.4) is 0 Å². The summed E-state index contributed by atoms with van der Waals surface area (Å²) in [4.78, 5) is 32.8. The number of carbonyl (C=O) groups excluding carboxylic acids is 2. The molecular weight excluding hydrogens is 410 g/mol. The van der Waals surface area contributed by atoms with Gasteiger partial charge >= 0.3 is 0 Å². The highest BCUT2D eigenvalue weighted by molar-refractivity contribution is 7.03. The number of pyridine rings is 1. The van der Waals surface area contributed by atoms with E-state index in [2.05, 4.69) is 26.8 Å². The van der Waals surface area contributed by atoms with Gasteiger partial charge in [0.25, 0.3) is 5.91 Å². The van der Waals surface area contributed by atoms with E-state index < -0.39 is 6.04 Å². The van der Waals surface area contributed by atoms with E-state index in [-0.39, 0.29) is 23.6 Å². The second kappa shape index (κ2) is 9.78. The predicted octanol–water partition coefficient (Wildman–Crippen LogP) is 3.94. The molecule has 0 spiro atoms. The molecule has 2 amide bonds. The number of amides is 2. The van der Waals surface area contributed by atoms with Crippen LogP contribution in [-0.4, -0.2) is 32.4 Å². The lowest BCUT2D eigenvalue weighted by atomic mass is 10.0. The topological polar surface area (TPSA) is 88.1 Å². The summed E-state index contributed by atoms with van der Waals surface area (Å²) in [5.74, 6) is -0.554. The molecule has 1 unspecified atom stereocenters. The molecule has 3 aromatic rings. The number of aryl methyl sites for hydroxylation is 1. The van der Waals surface area contributed by atoms with Crippen LogP contribution in [0.1, 0.15) is 60.3 Å². The third kappa shape index (κ3) is 4.80. The molecular formula is C23H25N5O2S. The summed E-state index contributed by atoms with van der Waals surface area (Å²) in [5, 5.41) is 8.76. The van der Waals surface area contributed by atoms with Gasteiger partial charge in [0.15, 0.2) is 5.69 Å². The maximum Gasteiger partial charge on any atom is 0.280 e. The Morgan fingerprint density at radius 3 is 2.65 bits per heavy atom. The number of nitrogens with one attached hydrogen (secondary N) is 1. The zero-order chi connectivity index (χ0) is 21.6. The largest absolute Gasteiger partial charge is 0.351 e. The molecule has 1 N–H and O–H groups in total. The molecule has 4 rings (SSSR count). The summed E-state index contributed by atoms with van der Waals surface area (Å²) < 4.78 is 3.85. The van der Waals surface area contributed by atoms with Crippen molar-refractivity contribution in [2.45, 2.75) is 51.1 Å². The van der Waals surface area contributed by atoms with E-state index in [9.17, 15) is 9.59 Å². The quantitative estimate of drug-likeness (QED) is 0.607. The second-order valence-corrected chi connectivity index (χ2v) is 8.27. The van der Waals surface area contributed by atoms with E-state index in [4.69, 9.17) is 0 Å². The first-order valence-electron chi connectivity index (χ1n) is 10.6. The van der Waals surface area contributed by atoms with Crippen molar-refractivity contribution in [2.75, 3.05) is 4.90 Å². The number of carbonyl (C=O) groups is 2. The van der Waals surface area contributed by atoms with Crippen molar-refractivity contribution in [3.63, 3.8) is 0 Å². The van der Waals surface area contributed by atoms with Crippen molar-refractivity contribution in [3.05, 3.63) is 71.0 Å². The Morgan fingerprint density at radius 1 is 1.19 bits per heavy atom. The summed E-state index contributed by atoms with van der Waals surface area (Å²) >= 11 is 1.11. The Kier molecular flexibility index (Phi) is 6.66. The van der Waals surface area contributed by atoms with Crippen LogP contribution in [0.4, 0.5) is 5.69 Å². The van der Waals surface area contributed by atoms with Crippen LogP contribution in [-0.2, 0) is 11.2 Å². The van der Waals surface area contributed by atoms with Crippen molar-refractivity contribution in [1.29, 1.82) is 0 Å². The molecule has 1 aliphatic carbocycles. The summed E-state index contributed by atoms with van der Waals surface area (Å²) in [7, 11) is 0. The molecule has 1 atom stereocenters. The van der Waals surface area contributed by atoms with E-state index in [1.165, 1.54) is 4.90 Å². The summed E-state index contributed by atoms with van der Waals surface area (Å²) in [6.07, 6.45) is 8.24. The monoisotopic (exact) mass is 435 g/mol. The Balaban J connectivity index is 1.80. The zero-order valence-electron chi connectivity index (χ0n) is 17.4. The smallest absolute Gasteiger partial charge is 0.280 e. The molecule has 1 fully saturated rings. The van der Waals surface area contributed by atoms with E-state index in [1.807, 2.05) is 24.3 Å². The van der Waals surface area contributed by atoms with Gasteiger partial charge in [-0.05, 0) is 66.2 Å². The number of anilines is 1. The molecule has 2 aromatic heterocycles. The first-order valence-corrected chi connectivity index (χ1v) is 11.4. The van der Waals surface area contributed by atoms with Crippen LogP contribution in [0, 0.1) is 0 Å². The molecule has 0 saturated heterocycles. The molecule has 160 valence electrons. The van der Waals surface area contributed by atoms with Crippen molar-refractivity contribution >= 4 is 29.0 Å². The standard InChI is InChI=1S/C23H25N5O2S/c1-2-16-6-5-9-19(14-16)28(23(30)20-15-31-27-26-20)21(17-10-12-24-13-11-17)22(29)25-18-7-3-4-8-18/h5-6,9-15,18,21H,2-4,7-8H2,1H3,(H,25,29). The maximum absolute atomic E-state index is 13.6. The van der Waals surface area contributed by atoms with Crippen LogP contribution in [0.25, 0.3) is 0 Å². The predicted molar refractivity (Wildman–Crippen MR) is 120 cm³/mol. The fraction of sp³-hybridized carbons (Fsp3) is 0.348. The van der Waals surface area contributed by atoms with Crippen LogP contribution in [0.2, 0.25) is 0 Å².